The van der Waals surface area contributed by atoms with Crippen molar-refractivity contribution in [2.24, 2.45) is 0 Å². The average molecular weight is 269 g/mol. The monoisotopic (exact) mass is 269 g/mol. The Balaban J connectivity index is 2.47. The van der Waals surface area contributed by atoms with Crippen LogP contribution in [0.25, 0.3) is 0 Å². The minimum Gasteiger partial charge on any atom is -0.343 e. The van der Waals surface area contributed by atoms with Crippen molar-refractivity contribution in [1.29, 1.82) is 0 Å². The second kappa shape index (κ2) is 6.15. The van der Waals surface area contributed by atoms with Crippen LogP contribution in [0.1, 0.15) is 17.3 Å². The van der Waals surface area contributed by atoms with Gasteiger partial charge in [0, 0.05) is 5.56 Å². The summed E-state index contributed by atoms with van der Waals surface area (Å²) in [4.78, 5) is 22.7. The second-order valence-electron chi connectivity index (χ2n) is 3.40. The molecule has 97 valence electrons. The standard InChI is InChI=1S/C11H13N2O4S/c1-2-18(16,17)13-10(14)8-12-11(15)9-6-4-3-5-7-9/h3-7H,2,8H2,1H3,(H,12,15). The predicted octanol–water partition coefficient (Wildman–Crippen LogP) is -0.103. The summed E-state index contributed by atoms with van der Waals surface area (Å²) in [5.41, 5.74) is 0.392. The number of carbonyl (C=O) groups is 2. The molecule has 0 spiro atoms. The van der Waals surface area contributed by atoms with E-state index in [4.69, 9.17) is 0 Å². The first-order valence-corrected chi connectivity index (χ1v) is 6.87. The summed E-state index contributed by atoms with van der Waals surface area (Å²) >= 11 is 0. The molecular formula is C11H13N2O4S. The first-order chi connectivity index (χ1) is 8.44. The number of nitrogens with one attached hydrogen (secondary N) is 1. The molecule has 0 bridgehead atoms. The first-order valence-electron chi connectivity index (χ1n) is 5.26. The zero-order valence-electron chi connectivity index (χ0n) is 9.79. The van der Waals surface area contributed by atoms with Crippen LogP contribution in [-0.2, 0) is 14.8 Å². The van der Waals surface area contributed by atoms with Gasteiger partial charge in [0.25, 0.3) is 21.8 Å². The highest BCUT2D eigenvalue weighted by molar-refractivity contribution is 7.89. The summed E-state index contributed by atoms with van der Waals surface area (Å²) in [6, 6.07) is 8.29. The molecular weight excluding hydrogens is 256 g/mol. The van der Waals surface area contributed by atoms with Crippen molar-refractivity contribution < 1.29 is 18.0 Å². The molecule has 1 rings (SSSR count). The van der Waals surface area contributed by atoms with Crippen molar-refractivity contribution >= 4 is 21.8 Å². The Morgan fingerprint density at radius 1 is 1.22 bits per heavy atom. The van der Waals surface area contributed by atoms with Crippen molar-refractivity contribution in [3.8, 4) is 0 Å². The molecule has 1 aromatic carbocycles. The molecule has 0 aliphatic rings. The molecule has 0 fully saturated rings. The molecule has 1 N–H and O–H groups in total. The molecule has 0 saturated heterocycles. The fourth-order valence-corrected chi connectivity index (χ4v) is 1.60. The van der Waals surface area contributed by atoms with Crippen molar-refractivity contribution in [3.63, 3.8) is 0 Å². The van der Waals surface area contributed by atoms with E-state index in [1.54, 1.807) is 30.3 Å². The molecule has 1 radical (unpaired) electrons. The van der Waals surface area contributed by atoms with Gasteiger partial charge in [-0.25, -0.2) is 8.42 Å². The summed E-state index contributed by atoms with van der Waals surface area (Å²) in [6.45, 7) is 0.946. The van der Waals surface area contributed by atoms with Gasteiger partial charge in [-0.1, -0.05) is 18.2 Å². The van der Waals surface area contributed by atoms with Gasteiger partial charge in [0.15, 0.2) is 0 Å². The lowest BCUT2D eigenvalue weighted by Crippen LogP contribution is -2.36. The Morgan fingerprint density at radius 2 is 1.83 bits per heavy atom. The Kier molecular flexibility index (Phi) is 4.85. The minimum atomic E-state index is -3.71. The molecule has 1 aromatic rings. The lowest BCUT2D eigenvalue weighted by Gasteiger charge is -2.04. The van der Waals surface area contributed by atoms with Crippen LogP contribution in [0.5, 0.6) is 0 Å². The molecule has 0 heterocycles. The van der Waals surface area contributed by atoms with E-state index in [2.05, 4.69) is 10.0 Å². The van der Waals surface area contributed by atoms with E-state index in [0.29, 0.717) is 5.56 Å². The largest absolute Gasteiger partial charge is 0.343 e. The predicted molar refractivity (Wildman–Crippen MR) is 65.4 cm³/mol. The van der Waals surface area contributed by atoms with E-state index in [1.165, 1.54) is 6.92 Å². The van der Waals surface area contributed by atoms with Crippen molar-refractivity contribution in [3.05, 3.63) is 35.9 Å². The van der Waals surface area contributed by atoms with Crippen LogP contribution in [0.15, 0.2) is 30.3 Å². The molecule has 0 aromatic heterocycles. The van der Waals surface area contributed by atoms with Crippen LogP contribution in [0, 0.1) is 0 Å². The lowest BCUT2D eigenvalue weighted by atomic mass is 10.2. The topological polar surface area (TPSA) is 94.4 Å². The normalized spacial score (nSPS) is 10.7. The van der Waals surface area contributed by atoms with Gasteiger partial charge >= 0.3 is 0 Å². The van der Waals surface area contributed by atoms with Crippen LogP contribution < -0.4 is 10.0 Å². The molecule has 6 nitrogen and oxygen atoms in total. The summed E-state index contributed by atoms with van der Waals surface area (Å²) in [7, 11) is -3.71. The molecule has 0 aliphatic heterocycles. The number of carbonyl (C=O) groups excluding carboxylic acids is 2. The Bertz CT molecular complexity index is 525. The van der Waals surface area contributed by atoms with Gasteiger partial charge in [0.1, 0.15) is 6.54 Å². The average Bonchev–Trinajstić information content (AvgIpc) is 2.36. The number of hydrogen-bond donors (Lipinski definition) is 1. The smallest absolute Gasteiger partial charge is 0.275 e. The first kappa shape index (κ1) is 14.2. The van der Waals surface area contributed by atoms with Crippen LogP contribution in [0.2, 0.25) is 0 Å². The summed E-state index contributed by atoms with van der Waals surface area (Å²) < 4.78 is 25.1. The molecule has 0 atom stereocenters. The number of amides is 2. The number of benzene rings is 1. The highest BCUT2D eigenvalue weighted by Gasteiger charge is 2.15. The number of hydrogen-bond acceptors (Lipinski definition) is 4. The Hall–Kier alpha value is -1.89. The molecule has 7 heteroatoms. The lowest BCUT2D eigenvalue weighted by molar-refractivity contribution is -0.118. The van der Waals surface area contributed by atoms with Crippen molar-refractivity contribution in [2.75, 3.05) is 12.3 Å². The number of nitrogens with zero attached hydrogens (tertiary/aromatic N) is 1. The second-order valence-corrected chi connectivity index (χ2v) is 5.33. The molecule has 0 aliphatic carbocycles. The van der Waals surface area contributed by atoms with Gasteiger partial charge in [-0.05, 0) is 19.1 Å². The third-order valence-electron chi connectivity index (χ3n) is 2.04. The number of sulfonamides is 1. The summed E-state index contributed by atoms with van der Waals surface area (Å²) in [5.74, 6) is -1.58. The van der Waals surface area contributed by atoms with E-state index < -0.39 is 28.4 Å². The van der Waals surface area contributed by atoms with E-state index in [0.717, 1.165) is 0 Å². The zero-order chi connectivity index (χ0) is 13.6. The van der Waals surface area contributed by atoms with E-state index in [1.807, 2.05) is 0 Å². The Labute approximate surface area is 105 Å². The highest BCUT2D eigenvalue weighted by Crippen LogP contribution is 1.97. The maximum absolute atomic E-state index is 11.5. The minimum absolute atomic E-state index is 0.245. The van der Waals surface area contributed by atoms with E-state index in [9.17, 15) is 18.0 Å². The van der Waals surface area contributed by atoms with Crippen LogP contribution >= 0.6 is 0 Å². The molecule has 0 unspecified atom stereocenters. The zero-order valence-corrected chi connectivity index (χ0v) is 10.6. The van der Waals surface area contributed by atoms with Crippen molar-refractivity contribution in [2.45, 2.75) is 6.92 Å². The highest BCUT2D eigenvalue weighted by atomic mass is 32.2. The molecule has 2 amide bonds. The van der Waals surface area contributed by atoms with Gasteiger partial charge < -0.3 is 5.32 Å². The maximum Gasteiger partial charge on any atom is 0.275 e. The third kappa shape index (κ3) is 4.54. The van der Waals surface area contributed by atoms with Gasteiger partial charge in [-0.3, -0.25) is 9.59 Å². The maximum atomic E-state index is 11.5. The van der Waals surface area contributed by atoms with E-state index >= 15 is 0 Å². The van der Waals surface area contributed by atoms with Crippen LogP contribution in [0.3, 0.4) is 0 Å². The third-order valence-corrected chi connectivity index (χ3v) is 3.25. The van der Waals surface area contributed by atoms with E-state index in [-0.39, 0.29) is 5.75 Å². The number of rotatable bonds is 5. The van der Waals surface area contributed by atoms with Gasteiger partial charge in [-0.15, -0.1) is 4.72 Å². The summed E-state index contributed by atoms with van der Waals surface area (Å²) in [6.07, 6.45) is 0. The molecule has 0 saturated carbocycles. The van der Waals surface area contributed by atoms with Crippen molar-refractivity contribution in [1.82, 2.24) is 10.0 Å². The quantitative estimate of drug-likeness (QED) is 0.807. The van der Waals surface area contributed by atoms with Gasteiger partial charge in [-0.2, -0.15) is 0 Å². The summed E-state index contributed by atoms with van der Waals surface area (Å²) in [5, 5.41) is 2.30. The Morgan fingerprint density at radius 3 is 2.39 bits per heavy atom. The van der Waals surface area contributed by atoms with Crippen LogP contribution in [-0.4, -0.2) is 32.5 Å². The fraction of sp³-hybridized carbons (Fsp3) is 0.273. The van der Waals surface area contributed by atoms with Crippen LogP contribution in [0.4, 0.5) is 0 Å². The fourth-order valence-electron chi connectivity index (χ4n) is 1.10. The molecule has 18 heavy (non-hydrogen) atoms. The van der Waals surface area contributed by atoms with Gasteiger partial charge in [0.2, 0.25) is 0 Å². The SMILES string of the molecule is CCS(=O)(=O)[N]C(=O)CNC(=O)c1ccccc1. The van der Waals surface area contributed by atoms with Gasteiger partial charge in [0.05, 0.1) is 5.75 Å².